The third-order valence-corrected chi connectivity index (χ3v) is 7.94. The van der Waals surface area contributed by atoms with Crippen molar-refractivity contribution in [2.45, 2.75) is 31.5 Å². The van der Waals surface area contributed by atoms with Crippen LogP contribution in [-0.2, 0) is 16.6 Å². The number of anilines is 2. The van der Waals surface area contributed by atoms with Crippen LogP contribution < -0.4 is 25.8 Å². The smallest absolute Gasteiger partial charge is 0.319 e. The van der Waals surface area contributed by atoms with Crippen molar-refractivity contribution in [1.82, 2.24) is 15.2 Å². The SMILES string of the molecule is CS(=O)(=O)Nc1ccc(Oc2ccc(CN3CCC(NC(=O)Nc4ccc(F)c(C(N)=O)c4)CC3c3cccc(F)c3)cn2)cc1. The van der Waals surface area contributed by atoms with Gasteiger partial charge in [-0.05, 0) is 78.6 Å². The Labute approximate surface area is 264 Å². The molecule has 4 aromatic rings. The molecule has 1 saturated heterocycles. The maximum absolute atomic E-state index is 14.2. The highest BCUT2D eigenvalue weighted by Crippen LogP contribution is 2.33. The third kappa shape index (κ3) is 8.76. The van der Waals surface area contributed by atoms with Gasteiger partial charge in [-0.2, -0.15) is 0 Å². The number of urea groups is 1. The van der Waals surface area contributed by atoms with Crippen LogP contribution in [0.25, 0.3) is 0 Å². The average molecular weight is 651 g/mol. The quantitative estimate of drug-likeness (QED) is 0.185. The maximum Gasteiger partial charge on any atom is 0.319 e. The number of benzene rings is 3. The van der Waals surface area contributed by atoms with Crippen molar-refractivity contribution in [3.8, 4) is 11.6 Å². The molecular formula is C32H32F2N6O5S. The number of hydrogen-bond donors (Lipinski definition) is 4. The zero-order chi connectivity index (χ0) is 32.8. The molecule has 3 amide bonds. The fraction of sp³-hybridized carbons (Fsp3) is 0.219. The van der Waals surface area contributed by atoms with E-state index in [1.54, 1.807) is 42.6 Å². The Hall–Kier alpha value is -5.08. The summed E-state index contributed by atoms with van der Waals surface area (Å²) in [5.41, 5.74) is 7.16. The summed E-state index contributed by atoms with van der Waals surface area (Å²) in [6.07, 6.45) is 3.86. The highest BCUT2D eigenvalue weighted by atomic mass is 32.2. The zero-order valence-corrected chi connectivity index (χ0v) is 25.6. The van der Waals surface area contributed by atoms with E-state index in [2.05, 4.69) is 25.2 Å². The first kappa shape index (κ1) is 32.3. The van der Waals surface area contributed by atoms with Gasteiger partial charge in [0.2, 0.25) is 15.9 Å². The monoisotopic (exact) mass is 650 g/mol. The van der Waals surface area contributed by atoms with E-state index in [1.807, 2.05) is 12.1 Å². The van der Waals surface area contributed by atoms with Gasteiger partial charge in [0.05, 0.1) is 11.8 Å². The molecular weight excluding hydrogens is 618 g/mol. The number of nitrogens with two attached hydrogens (primary N) is 1. The summed E-state index contributed by atoms with van der Waals surface area (Å²) in [4.78, 5) is 30.9. The van der Waals surface area contributed by atoms with Crippen molar-refractivity contribution < 1.29 is 31.5 Å². The lowest BCUT2D eigenvalue weighted by Crippen LogP contribution is -2.47. The van der Waals surface area contributed by atoms with Crippen LogP contribution in [0.15, 0.2) is 85.1 Å². The van der Waals surface area contributed by atoms with Crippen LogP contribution in [0.1, 0.15) is 40.4 Å². The molecule has 240 valence electrons. The molecule has 0 bridgehead atoms. The number of primary amides is 1. The maximum atomic E-state index is 14.2. The lowest BCUT2D eigenvalue weighted by atomic mass is 9.91. The van der Waals surface area contributed by atoms with E-state index in [0.29, 0.717) is 43.2 Å². The highest BCUT2D eigenvalue weighted by molar-refractivity contribution is 7.92. The number of pyridine rings is 1. The molecule has 1 aliphatic rings. The lowest BCUT2D eigenvalue weighted by molar-refractivity contribution is 0.0996. The number of nitrogens with zero attached hydrogens (tertiary/aromatic N) is 2. The number of sulfonamides is 1. The number of nitrogens with one attached hydrogen (secondary N) is 3. The largest absolute Gasteiger partial charge is 0.439 e. The highest BCUT2D eigenvalue weighted by Gasteiger charge is 2.31. The zero-order valence-electron chi connectivity index (χ0n) is 24.7. The second kappa shape index (κ2) is 13.9. The minimum Gasteiger partial charge on any atom is -0.439 e. The average Bonchev–Trinajstić information content (AvgIpc) is 3.00. The summed E-state index contributed by atoms with van der Waals surface area (Å²) < 4.78 is 59.1. The number of hydrogen-bond acceptors (Lipinski definition) is 7. The van der Waals surface area contributed by atoms with Crippen LogP contribution in [0, 0.1) is 11.6 Å². The summed E-state index contributed by atoms with van der Waals surface area (Å²) in [7, 11) is -3.39. The predicted octanol–water partition coefficient (Wildman–Crippen LogP) is 5.15. The number of carbonyl (C=O) groups excluding carboxylic acids is 2. The van der Waals surface area contributed by atoms with Gasteiger partial charge in [0.25, 0.3) is 5.91 Å². The molecule has 2 atom stereocenters. The molecule has 0 radical (unpaired) electrons. The van der Waals surface area contributed by atoms with E-state index >= 15 is 0 Å². The summed E-state index contributed by atoms with van der Waals surface area (Å²) >= 11 is 0. The minimum absolute atomic E-state index is 0.215. The van der Waals surface area contributed by atoms with Crippen LogP contribution in [-0.4, -0.2) is 49.1 Å². The normalized spacial score (nSPS) is 16.8. The summed E-state index contributed by atoms with van der Waals surface area (Å²) in [5.74, 6) is -1.25. The summed E-state index contributed by atoms with van der Waals surface area (Å²) in [6, 6.07) is 18.9. The molecule has 5 rings (SSSR count). The molecule has 5 N–H and O–H groups in total. The van der Waals surface area contributed by atoms with Crippen LogP contribution in [0.2, 0.25) is 0 Å². The van der Waals surface area contributed by atoms with E-state index in [1.165, 1.54) is 24.3 Å². The first-order chi connectivity index (χ1) is 21.9. The van der Waals surface area contributed by atoms with E-state index in [4.69, 9.17) is 10.5 Å². The predicted molar refractivity (Wildman–Crippen MR) is 169 cm³/mol. The second-order valence-corrected chi connectivity index (χ2v) is 12.7. The van der Waals surface area contributed by atoms with Crippen molar-refractivity contribution in [2.75, 3.05) is 22.8 Å². The molecule has 0 aliphatic carbocycles. The van der Waals surface area contributed by atoms with E-state index in [9.17, 15) is 26.8 Å². The van der Waals surface area contributed by atoms with Gasteiger partial charge in [-0.25, -0.2) is 27.0 Å². The summed E-state index contributed by atoms with van der Waals surface area (Å²) in [5, 5.41) is 5.55. The number of piperidine rings is 1. The molecule has 1 fully saturated rings. The Morgan fingerprint density at radius 2 is 1.78 bits per heavy atom. The Balaban J connectivity index is 1.23. The van der Waals surface area contributed by atoms with Crippen LogP contribution in [0.3, 0.4) is 0 Å². The number of likely N-dealkylation sites (tertiary alicyclic amines) is 1. The Morgan fingerprint density at radius 3 is 2.46 bits per heavy atom. The van der Waals surface area contributed by atoms with E-state index < -0.39 is 27.8 Å². The first-order valence-corrected chi connectivity index (χ1v) is 16.2. The van der Waals surface area contributed by atoms with E-state index in [-0.39, 0.29) is 29.2 Å². The first-order valence-electron chi connectivity index (χ1n) is 14.3. The standard InChI is InChI=1S/C32H32F2N6O5S/c1-46(43,44)39-23-6-9-26(10-7-23)45-30-12-5-20(18-36-30)19-40-14-13-25(17-29(40)21-3-2-4-22(33)15-21)38-32(42)37-24-8-11-28(34)27(16-24)31(35)41/h2-12,15-16,18,25,29,39H,13-14,17,19H2,1H3,(H2,35,41)(H2,37,38,42). The number of amides is 3. The van der Waals surface area contributed by atoms with Gasteiger partial charge in [0.15, 0.2) is 0 Å². The molecule has 2 heterocycles. The fourth-order valence-corrected chi connectivity index (χ4v) is 5.83. The second-order valence-electron chi connectivity index (χ2n) is 10.9. The van der Waals surface area contributed by atoms with Gasteiger partial charge in [-0.15, -0.1) is 0 Å². The van der Waals surface area contributed by atoms with Crippen molar-refractivity contribution in [2.24, 2.45) is 5.73 Å². The molecule has 1 aliphatic heterocycles. The van der Waals surface area contributed by atoms with Crippen molar-refractivity contribution in [1.29, 1.82) is 0 Å². The fourth-order valence-electron chi connectivity index (χ4n) is 5.26. The van der Waals surface area contributed by atoms with Gasteiger partial charge < -0.3 is 21.1 Å². The Bertz CT molecular complexity index is 1820. The Kier molecular flexibility index (Phi) is 9.78. The van der Waals surface area contributed by atoms with Crippen molar-refractivity contribution in [3.63, 3.8) is 0 Å². The van der Waals surface area contributed by atoms with Gasteiger partial charge >= 0.3 is 6.03 Å². The van der Waals surface area contributed by atoms with Gasteiger partial charge in [0.1, 0.15) is 17.4 Å². The molecule has 0 saturated carbocycles. The number of rotatable bonds is 10. The molecule has 46 heavy (non-hydrogen) atoms. The molecule has 3 aromatic carbocycles. The van der Waals surface area contributed by atoms with E-state index in [0.717, 1.165) is 23.4 Å². The number of aromatic nitrogens is 1. The van der Waals surface area contributed by atoms with Gasteiger partial charge in [0, 0.05) is 48.8 Å². The minimum atomic E-state index is -3.39. The molecule has 2 unspecified atom stereocenters. The third-order valence-electron chi connectivity index (χ3n) is 7.33. The van der Waals surface area contributed by atoms with Crippen LogP contribution in [0.4, 0.5) is 25.0 Å². The molecule has 14 heteroatoms. The molecule has 1 aromatic heterocycles. The summed E-state index contributed by atoms with van der Waals surface area (Å²) in [6.45, 7) is 1.09. The van der Waals surface area contributed by atoms with Crippen molar-refractivity contribution in [3.05, 3.63) is 113 Å². The van der Waals surface area contributed by atoms with Crippen LogP contribution in [0.5, 0.6) is 11.6 Å². The van der Waals surface area contributed by atoms with Gasteiger partial charge in [-0.3, -0.25) is 14.4 Å². The Morgan fingerprint density at radius 1 is 1.02 bits per heavy atom. The van der Waals surface area contributed by atoms with Crippen molar-refractivity contribution >= 4 is 33.3 Å². The lowest BCUT2D eigenvalue weighted by Gasteiger charge is -2.40. The molecule has 0 spiro atoms. The number of ether oxygens (including phenoxy) is 1. The van der Waals surface area contributed by atoms with Crippen LogP contribution >= 0.6 is 0 Å². The topological polar surface area (TPSA) is 156 Å². The van der Waals surface area contributed by atoms with Gasteiger partial charge in [-0.1, -0.05) is 18.2 Å². The number of halogens is 2. The molecule has 11 nitrogen and oxygen atoms in total. The number of carbonyl (C=O) groups is 2.